The third-order valence-electron chi connectivity index (χ3n) is 5.87. The molecule has 0 N–H and O–H groups in total. The SMILES string of the molecule is O=C(C1CN(c2cc(C3CCC3)ncn2)C1)N1CCc2sccc2C1. The van der Waals surface area contributed by atoms with Gasteiger partial charge < -0.3 is 9.80 Å². The van der Waals surface area contributed by atoms with E-state index in [1.807, 2.05) is 16.2 Å². The van der Waals surface area contributed by atoms with E-state index in [2.05, 4.69) is 32.4 Å². The molecule has 3 aliphatic rings. The van der Waals surface area contributed by atoms with Gasteiger partial charge in [-0.2, -0.15) is 0 Å². The van der Waals surface area contributed by atoms with Crippen LogP contribution >= 0.6 is 11.3 Å². The number of anilines is 1. The van der Waals surface area contributed by atoms with E-state index < -0.39 is 0 Å². The number of fused-ring (bicyclic) bond motifs is 1. The summed E-state index contributed by atoms with van der Waals surface area (Å²) in [6.45, 7) is 3.22. The van der Waals surface area contributed by atoms with Crippen molar-refractivity contribution < 1.29 is 4.79 Å². The van der Waals surface area contributed by atoms with Crippen LogP contribution in [-0.4, -0.2) is 40.4 Å². The van der Waals surface area contributed by atoms with Crippen molar-refractivity contribution in [2.45, 2.75) is 38.1 Å². The van der Waals surface area contributed by atoms with Crippen LogP contribution in [0.5, 0.6) is 0 Å². The van der Waals surface area contributed by atoms with Gasteiger partial charge in [-0.05, 0) is 36.3 Å². The van der Waals surface area contributed by atoms with Crippen molar-refractivity contribution >= 4 is 23.1 Å². The van der Waals surface area contributed by atoms with E-state index in [4.69, 9.17) is 0 Å². The van der Waals surface area contributed by atoms with Gasteiger partial charge in [-0.15, -0.1) is 11.3 Å². The number of carbonyl (C=O) groups is 1. The Labute approximate surface area is 151 Å². The van der Waals surface area contributed by atoms with Crippen LogP contribution in [0, 0.1) is 5.92 Å². The van der Waals surface area contributed by atoms with Crippen molar-refractivity contribution in [2.24, 2.45) is 5.92 Å². The first-order valence-electron chi connectivity index (χ1n) is 9.19. The number of nitrogens with zero attached hydrogens (tertiary/aromatic N) is 4. The fourth-order valence-electron chi connectivity index (χ4n) is 3.98. The summed E-state index contributed by atoms with van der Waals surface area (Å²) in [6, 6.07) is 4.29. The van der Waals surface area contributed by atoms with E-state index in [-0.39, 0.29) is 5.92 Å². The molecule has 6 heteroatoms. The first-order chi connectivity index (χ1) is 12.3. The molecule has 2 aromatic rings. The van der Waals surface area contributed by atoms with Gasteiger partial charge in [-0.25, -0.2) is 9.97 Å². The number of amides is 1. The average Bonchev–Trinajstić information content (AvgIpc) is 2.99. The molecule has 4 heterocycles. The van der Waals surface area contributed by atoms with Crippen LogP contribution in [0.3, 0.4) is 0 Å². The number of aromatic nitrogens is 2. The van der Waals surface area contributed by atoms with E-state index in [9.17, 15) is 4.79 Å². The topological polar surface area (TPSA) is 49.3 Å². The maximum atomic E-state index is 12.8. The summed E-state index contributed by atoms with van der Waals surface area (Å²) in [5.74, 6) is 2.03. The lowest BCUT2D eigenvalue weighted by atomic mass is 9.83. The van der Waals surface area contributed by atoms with Crippen molar-refractivity contribution in [3.8, 4) is 0 Å². The summed E-state index contributed by atoms with van der Waals surface area (Å²) < 4.78 is 0. The second-order valence-electron chi connectivity index (χ2n) is 7.41. The molecule has 1 amide bonds. The minimum atomic E-state index is 0.113. The van der Waals surface area contributed by atoms with Crippen LogP contribution in [0.2, 0.25) is 0 Å². The molecule has 130 valence electrons. The van der Waals surface area contributed by atoms with Crippen molar-refractivity contribution in [1.82, 2.24) is 14.9 Å². The molecule has 2 aromatic heterocycles. The fraction of sp³-hybridized carbons (Fsp3) is 0.526. The van der Waals surface area contributed by atoms with Gasteiger partial charge >= 0.3 is 0 Å². The Hall–Kier alpha value is -1.95. The third kappa shape index (κ3) is 2.72. The zero-order valence-corrected chi connectivity index (χ0v) is 15.0. The Bertz CT molecular complexity index is 794. The molecule has 1 aliphatic carbocycles. The van der Waals surface area contributed by atoms with Gasteiger partial charge in [0.1, 0.15) is 12.1 Å². The molecule has 2 aliphatic heterocycles. The lowest BCUT2D eigenvalue weighted by molar-refractivity contribution is -0.137. The summed E-state index contributed by atoms with van der Waals surface area (Å²) >= 11 is 1.81. The Morgan fingerprint density at radius 2 is 2.12 bits per heavy atom. The molecule has 25 heavy (non-hydrogen) atoms. The number of rotatable bonds is 3. The summed E-state index contributed by atoms with van der Waals surface area (Å²) in [5, 5.41) is 2.14. The van der Waals surface area contributed by atoms with Gasteiger partial charge in [0.2, 0.25) is 5.91 Å². The number of hydrogen-bond donors (Lipinski definition) is 0. The molecule has 0 spiro atoms. The second-order valence-corrected chi connectivity index (χ2v) is 8.41. The monoisotopic (exact) mass is 354 g/mol. The Kier molecular flexibility index (Phi) is 3.73. The average molecular weight is 354 g/mol. The molecular formula is C19H22N4OS. The van der Waals surface area contributed by atoms with Crippen molar-refractivity contribution in [3.05, 3.63) is 40.0 Å². The van der Waals surface area contributed by atoms with Crippen LogP contribution in [0.1, 0.15) is 41.3 Å². The molecule has 0 unspecified atom stereocenters. The zero-order chi connectivity index (χ0) is 16.8. The molecule has 1 saturated carbocycles. The minimum absolute atomic E-state index is 0.113. The van der Waals surface area contributed by atoms with Crippen LogP contribution < -0.4 is 4.90 Å². The van der Waals surface area contributed by atoms with Gasteiger partial charge in [0.25, 0.3) is 0 Å². The highest BCUT2D eigenvalue weighted by molar-refractivity contribution is 7.10. The van der Waals surface area contributed by atoms with Crippen molar-refractivity contribution in [2.75, 3.05) is 24.5 Å². The first kappa shape index (κ1) is 15.3. The van der Waals surface area contributed by atoms with E-state index in [0.717, 1.165) is 38.4 Å². The Morgan fingerprint density at radius 3 is 2.92 bits per heavy atom. The van der Waals surface area contributed by atoms with Crippen LogP contribution in [0.25, 0.3) is 0 Å². The molecule has 0 atom stereocenters. The zero-order valence-electron chi connectivity index (χ0n) is 14.2. The predicted molar refractivity (Wildman–Crippen MR) is 97.8 cm³/mol. The van der Waals surface area contributed by atoms with E-state index >= 15 is 0 Å². The van der Waals surface area contributed by atoms with Crippen molar-refractivity contribution in [3.63, 3.8) is 0 Å². The van der Waals surface area contributed by atoms with Gasteiger partial charge in [0, 0.05) is 48.7 Å². The molecule has 2 fully saturated rings. The van der Waals surface area contributed by atoms with Crippen molar-refractivity contribution in [1.29, 1.82) is 0 Å². The quantitative estimate of drug-likeness (QED) is 0.850. The fourth-order valence-corrected chi connectivity index (χ4v) is 4.87. The summed E-state index contributed by atoms with van der Waals surface area (Å²) in [5.41, 5.74) is 2.51. The lowest BCUT2D eigenvalue weighted by Gasteiger charge is -2.42. The highest BCUT2D eigenvalue weighted by atomic mass is 32.1. The molecule has 0 radical (unpaired) electrons. The molecule has 0 bridgehead atoms. The summed E-state index contributed by atoms with van der Waals surface area (Å²) in [6.07, 6.45) is 6.49. The normalized spacial score (nSPS) is 20.8. The Balaban J connectivity index is 1.21. The number of thiophene rings is 1. The smallest absolute Gasteiger partial charge is 0.229 e. The van der Waals surface area contributed by atoms with E-state index in [1.54, 1.807) is 6.33 Å². The minimum Gasteiger partial charge on any atom is -0.355 e. The van der Waals surface area contributed by atoms with Gasteiger partial charge in [-0.3, -0.25) is 4.79 Å². The van der Waals surface area contributed by atoms with E-state index in [1.165, 1.54) is 35.4 Å². The number of hydrogen-bond acceptors (Lipinski definition) is 5. The number of carbonyl (C=O) groups excluding carboxylic acids is 1. The first-order valence-corrected chi connectivity index (χ1v) is 10.1. The summed E-state index contributed by atoms with van der Waals surface area (Å²) in [4.78, 5) is 27.3. The highest BCUT2D eigenvalue weighted by Gasteiger charge is 2.37. The van der Waals surface area contributed by atoms with Gasteiger partial charge in [0.05, 0.1) is 5.92 Å². The molecule has 5 rings (SSSR count). The van der Waals surface area contributed by atoms with Crippen LogP contribution in [0.4, 0.5) is 5.82 Å². The predicted octanol–water partition coefficient (Wildman–Crippen LogP) is 2.83. The van der Waals surface area contributed by atoms with E-state index in [0.29, 0.717) is 11.8 Å². The maximum Gasteiger partial charge on any atom is 0.229 e. The second kappa shape index (κ2) is 6.09. The largest absolute Gasteiger partial charge is 0.355 e. The Morgan fingerprint density at radius 1 is 1.24 bits per heavy atom. The summed E-state index contributed by atoms with van der Waals surface area (Å²) in [7, 11) is 0. The maximum absolute atomic E-state index is 12.8. The third-order valence-corrected chi connectivity index (χ3v) is 6.89. The van der Waals surface area contributed by atoms with Crippen LogP contribution in [0.15, 0.2) is 23.8 Å². The lowest BCUT2D eigenvalue weighted by Crippen LogP contribution is -2.55. The van der Waals surface area contributed by atoms with Crippen LogP contribution in [-0.2, 0) is 17.8 Å². The van der Waals surface area contributed by atoms with Gasteiger partial charge in [0.15, 0.2) is 0 Å². The standard InChI is InChI=1S/C19H22N4OS/c24-19(22-6-4-17-14(9-22)5-7-25-17)15-10-23(11-15)18-8-16(20-12-21-18)13-2-1-3-13/h5,7-8,12-13,15H,1-4,6,9-11H2. The molecule has 5 nitrogen and oxygen atoms in total. The van der Waals surface area contributed by atoms with Gasteiger partial charge in [-0.1, -0.05) is 6.42 Å². The molecular weight excluding hydrogens is 332 g/mol. The molecule has 0 aromatic carbocycles. The highest BCUT2D eigenvalue weighted by Crippen LogP contribution is 2.36. The molecule has 1 saturated heterocycles.